The first-order valence-electron chi connectivity index (χ1n) is 7.42. The van der Waals surface area contributed by atoms with Crippen molar-refractivity contribution in [2.75, 3.05) is 19.7 Å². The van der Waals surface area contributed by atoms with Gasteiger partial charge in [0, 0.05) is 26.2 Å². The van der Waals surface area contributed by atoms with Gasteiger partial charge in [0.15, 0.2) is 0 Å². The molecule has 1 unspecified atom stereocenters. The largest absolute Gasteiger partial charge is 0.374 e. The number of hydrogen-bond donors (Lipinski definition) is 2. The Kier molecular flexibility index (Phi) is 3.87. The number of hydrogen-bond acceptors (Lipinski definition) is 3. The van der Waals surface area contributed by atoms with Crippen LogP contribution in [0.15, 0.2) is 18.2 Å². The quantitative estimate of drug-likeness (QED) is 0.868. The van der Waals surface area contributed by atoms with Crippen LogP contribution in [0.1, 0.15) is 36.5 Å². The van der Waals surface area contributed by atoms with Crippen molar-refractivity contribution < 1.29 is 4.74 Å². The molecule has 104 valence electrons. The van der Waals surface area contributed by atoms with E-state index in [1.165, 1.54) is 24.0 Å². The molecule has 1 atom stereocenters. The number of nitrogens with one attached hydrogen (secondary N) is 2. The molecule has 0 aliphatic carbocycles. The average molecular weight is 260 g/mol. The lowest BCUT2D eigenvalue weighted by molar-refractivity contribution is 0.0206. The molecule has 0 spiro atoms. The van der Waals surface area contributed by atoms with E-state index in [-0.39, 0.29) is 5.60 Å². The van der Waals surface area contributed by atoms with Crippen molar-refractivity contribution in [2.45, 2.75) is 44.9 Å². The highest BCUT2D eigenvalue weighted by Crippen LogP contribution is 2.24. The molecule has 3 heteroatoms. The molecule has 0 aromatic heterocycles. The number of fused-ring (bicyclic) bond motifs is 1. The summed E-state index contributed by atoms with van der Waals surface area (Å²) in [5, 5.41) is 7.02. The maximum atomic E-state index is 5.82. The Hall–Kier alpha value is -0.900. The third-order valence-electron chi connectivity index (χ3n) is 4.35. The van der Waals surface area contributed by atoms with Crippen LogP contribution in [0.4, 0.5) is 0 Å². The van der Waals surface area contributed by atoms with Gasteiger partial charge < -0.3 is 15.4 Å². The third kappa shape index (κ3) is 2.99. The van der Waals surface area contributed by atoms with Crippen molar-refractivity contribution in [3.63, 3.8) is 0 Å². The second kappa shape index (κ2) is 5.61. The zero-order chi connectivity index (χ0) is 13.1. The molecule has 3 nitrogen and oxygen atoms in total. The van der Waals surface area contributed by atoms with E-state index in [2.05, 4.69) is 35.8 Å². The molecular weight excluding hydrogens is 236 g/mol. The zero-order valence-electron chi connectivity index (χ0n) is 11.8. The van der Waals surface area contributed by atoms with E-state index in [0.717, 1.165) is 39.2 Å². The van der Waals surface area contributed by atoms with E-state index < -0.39 is 0 Å². The Balaban J connectivity index is 1.61. The lowest BCUT2D eigenvalue weighted by Crippen LogP contribution is -2.37. The van der Waals surface area contributed by atoms with Crippen molar-refractivity contribution in [3.05, 3.63) is 34.9 Å². The van der Waals surface area contributed by atoms with Crippen LogP contribution < -0.4 is 10.6 Å². The lowest BCUT2D eigenvalue weighted by Gasteiger charge is -2.25. The molecule has 1 saturated heterocycles. The first-order chi connectivity index (χ1) is 9.27. The Morgan fingerprint density at radius 1 is 1.42 bits per heavy atom. The van der Waals surface area contributed by atoms with E-state index in [0.29, 0.717) is 0 Å². The van der Waals surface area contributed by atoms with Crippen LogP contribution in [0.25, 0.3) is 0 Å². The Bertz CT molecular complexity index is 438. The van der Waals surface area contributed by atoms with E-state index in [9.17, 15) is 0 Å². The Morgan fingerprint density at radius 3 is 3.21 bits per heavy atom. The maximum absolute atomic E-state index is 5.82. The van der Waals surface area contributed by atoms with Gasteiger partial charge in [0.25, 0.3) is 0 Å². The standard InChI is InChI=1S/C16H24N2O/c1-16(7-3-9-19-16)12-18-11-14-5-2-4-13-10-17-8-6-15(13)14/h2,4-5,17-18H,3,6-12H2,1H3. The predicted molar refractivity (Wildman–Crippen MR) is 77.2 cm³/mol. The van der Waals surface area contributed by atoms with Gasteiger partial charge in [0.05, 0.1) is 5.60 Å². The average Bonchev–Trinajstić information content (AvgIpc) is 2.86. The summed E-state index contributed by atoms with van der Waals surface area (Å²) >= 11 is 0. The summed E-state index contributed by atoms with van der Waals surface area (Å²) in [6, 6.07) is 6.68. The molecule has 2 N–H and O–H groups in total. The highest BCUT2D eigenvalue weighted by atomic mass is 16.5. The van der Waals surface area contributed by atoms with Gasteiger partial charge in [0.1, 0.15) is 0 Å². The van der Waals surface area contributed by atoms with Gasteiger partial charge in [-0.05, 0) is 49.4 Å². The van der Waals surface area contributed by atoms with Crippen molar-refractivity contribution in [3.8, 4) is 0 Å². The first-order valence-corrected chi connectivity index (χ1v) is 7.42. The molecule has 2 aliphatic rings. The molecule has 0 amide bonds. The smallest absolute Gasteiger partial charge is 0.0779 e. The fraction of sp³-hybridized carbons (Fsp3) is 0.625. The van der Waals surface area contributed by atoms with Crippen molar-refractivity contribution in [2.24, 2.45) is 0 Å². The van der Waals surface area contributed by atoms with Gasteiger partial charge in [-0.1, -0.05) is 18.2 Å². The summed E-state index contributed by atoms with van der Waals surface area (Å²) < 4.78 is 5.82. The Labute approximate surface area is 115 Å². The summed E-state index contributed by atoms with van der Waals surface area (Å²) in [5.74, 6) is 0. The molecule has 2 heterocycles. The second-order valence-corrected chi connectivity index (χ2v) is 5.99. The van der Waals surface area contributed by atoms with Crippen LogP contribution in [0, 0.1) is 0 Å². The highest BCUT2D eigenvalue weighted by Gasteiger charge is 2.29. The molecule has 1 aromatic carbocycles. The molecule has 0 saturated carbocycles. The SMILES string of the molecule is CC1(CNCc2cccc3c2CCNC3)CCCO1. The molecule has 3 rings (SSSR count). The first kappa shape index (κ1) is 13.1. The summed E-state index contributed by atoms with van der Waals surface area (Å²) in [4.78, 5) is 0. The normalized spacial score (nSPS) is 26.4. The van der Waals surface area contributed by atoms with Gasteiger partial charge in [-0.15, -0.1) is 0 Å². The number of benzene rings is 1. The monoisotopic (exact) mass is 260 g/mol. The van der Waals surface area contributed by atoms with Crippen LogP contribution in [0.3, 0.4) is 0 Å². The van der Waals surface area contributed by atoms with Gasteiger partial charge >= 0.3 is 0 Å². The third-order valence-corrected chi connectivity index (χ3v) is 4.35. The molecule has 19 heavy (non-hydrogen) atoms. The zero-order valence-corrected chi connectivity index (χ0v) is 11.8. The molecular formula is C16H24N2O. The van der Waals surface area contributed by atoms with Crippen LogP contribution in [0.5, 0.6) is 0 Å². The topological polar surface area (TPSA) is 33.3 Å². The second-order valence-electron chi connectivity index (χ2n) is 5.99. The van der Waals surface area contributed by atoms with Gasteiger partial charge in [-0.2, -0.15) is 0 Å². The van der Waals surface area contributed by atoms with Crippen molar-refractivity contribution in [1.29, 1.82) is 0 Å². The fourth-order valence-corrected chi connectivity index (χ4v) is 3.21. The van der Waals surface area contributed by atoms with E-state index in [1.807, 2.05) is 0 Å². The van der Waals surface area contributed by atoms with Crippen LogP contribution in [-0.2, 0) is 24.2 Å². The Morgan fingerprint density at radius 2 is 2.37 bits per heavy atom. The summed E-state index contributed by atoms with van der Waals surface area (Å²) in [6.07, 6.45) is 3.53. The highest BCUT2D eigenvalue weighted by molar-refractivity contribution is 5.36. The van der Waals surface area contributed by atoms with Gasteiger partial charge in [-0.3, -0.25) is 0 Å². The molecule has 1 aromatic rings. The summed E-state index contributed by atoms with van der Waals surface area (Å²) in [5.41, 5.74) is 4.52. The summed E-state index contributed by atoms with van der Waals surface area (Å²) in [7, 11) is 0. The predicted octanol–water partition coefficient (Wildman–Crippen LogP) is 1.99. The fourth-order valence-electron chi connectivity index (χ4n) is 3.21. The van der Waals surface area contributed by atoms with Crippen LogP contribution >= 0.6 is 0 Å². The van der Waals surface area contributed by atoms with Gasteiger partial charge in [-0.25, -0.2) is 0 Å². The molecule has 1 fully saturated rings. The van der Waals surface area contributed by atoms with E-state index in [1.54, 1.807) is 5.56 Å². The molecule has 0 bridgehead atoms. The van der Waals surface area contributed by atoms with Gasteiger partial charge in [0.2, 0.25) is 0 Å². The lowest BCUT2D eigenvalue weighted by atomic mass is 9.95. The minimum Gasteiger partial charge on any atom is -0.374 e. The number of rotatable bonds is 4. The minimum absolute atomic E-state index is 0.0520. The van der Waals surface area contributed by atoms with Crippen LogP contribution in [-0.4, -0.2) is 25.3 Å². The van der Waals surface area contributed by atoms with Crippen LogP contribution in [0.2, 0.25) is 0 Å². The maximum Gasteiger partial charge on any atom is 0.0779 e. The van der Waals surface area contributed by atoms with Crippen molar-refractivity contribution >= 4 is 0 Å². The van der Waals surface area contributed by atoms with E-state index >= 15 is 0 Å². The van der Waals surface area contributed by atoms with E-state index in [4.69, 9.17) is 4.74 Å². The summed E-state index contributed by atoms with van der Waals surface area (Å²) in [6.45, 7) is 7.17. The number of ether oxygens (including phenoxy) is 1. The van der Waals surface area contributed by atoms with Crippen molar-refractivity contribution in [1.82, 2.24) is 10.6 Å². The molecule has 2 aliphatic heterocycles. The molecule has 0 radical (unpaired) electrons. The minimum atomic E-state index is 0.0520.